The molecule has 2 aliphatic rings. The maximum absolute atomic E-state index is 11.9. The average Bonchev–Trinajstić information content (AvgIpc) is 2.66. The molecule has 0 aromatic rings. The van der Waals surface area contributed by atoms with E-state index in [9.17, 15) is 14.4 Å². The van der Waals surface area contributed by atoms with Gasteiger partial charge < -0.3 is 9.47 Å². The number of esters is 1. The van der Waals surface area contributed by atoms with Crippen LogP contribution < -0.4 is 0 Å². The van der Waals surface area contributed by atoms with E-state index < -0.39 is 18.1 Å². The predicted octanol–water partition coefficient (Wildman–Crippen LogP) is -1.38. The van der Waals surface area contributed by atoms with Gasteiger partial charge in [0.15, 0.2) is 6.10 Å². The molecule has 2 fully saturated rings. The summed E-state index contributed by atoms with van der Waals surface area (Å²) in [4.78, 5) is 37.7. The molecular weight excluding hydrogens is 240 g/mol. The Kier molecular flexibility index (Phi) is 3.63. The molecule has 0 aromatic heterocycles. The van der Waals surface area contributed by atoms with E-state index in [2.05, 4.69) is 4.74 Å². The van der Waals surface area contributed by atoms with Crippen LogP contribution in [0.15, 0.2) is 0 Å². The first-order chi connectivity index (χ1) is 8.54. The smallest absolute Gasteiger partial charge is 0.336 e. The van der Waals surface area contributed by atoms with Gasteiger partial charge in [-0.15, -0.1) is 0 Å². The molecule has 0 saturated carbocycles. The number of morpholine rings is 1. The lowest BCUT2D eigenvalue weighted by molar-refractivity contribution is -0.162. The van der Waals surface area contributed by atoms with E-state index in [0.29, 0.717) is 13.2 Å². The van der Waals surface area contributed by atoms with Crippen LogP contribution in [0.25, 0.3) is 0 Å². The van der Waals surface area contributed by atoms with Gasteiger partial charge in [0.05, 0.1) is 26.2 Å². The number of likely N-dealkylation sites (tertiary alicyclic amines) is 1. The summed E-state index contributed by atoms with van der Waals surface area (Å²) in [6, 6.07) is -0.474. The second-order valence-corrected chi connectivity index (χ2v) is 4.39. The molecule has 2 heterocycles. The summed E-state index contributed by atoms with van der Waals surface area (Å²) in [7, 11) is 2.77. The summed E-state index contributed by atoms with van der Waals surface area (Å²) < 4.78 is 9.90. The predicted molar refractivity (Wildman–Crippen MR) is 59.5 cm³/mol. The number of nitrogens with zero attached hydrogens (tertiary/aromatic N) is 2. The third kappa shape index (κ3) is 2.23. The van der Waals surface area contributed by atoms with E-state index >= 15 is 0 Å². The number of methoxy groups -OCH3 is 1. The van der Waals surface area contributed by atoms with Crippen molar-refractivity contribution in [3.05, 3.63) is 0 Å². The first kappa shape index (κ1) is 13.0. The first-order valence-electron chi connectivity index (χ1n) is 5.78. The zero-order valence-corrected chi connectivity index (χ0v) is 10.4. The molecule has 7 heteroatoms. The molecule has 2 amide bonds. The number of hydrogen-bond donors (Lipinski definition) is 0. The van der Waals surface area contributed by atoms with Crippen LogP contribution >= 0.6 is 0 Å². The van der Waals surface area contributed by atoms with Gasteiger partial charge in [0.1, 0.15) is 0 Å². The van der Waals surface area contributed by atoms with Crippen molar-refractivity contribution in [2.45, 2.75) is 18.6 Å². The van der Waals surface area contributed by atoms with Crippen molar-refractivity contribution in [1.29, 1.82) is 0 Å². The number of hydrogen-bond acceptors (Lipinski definition) is 6. The molecule has 0 bridgehead atoms. The van der Waals surface area contributed by atoms with E-state index in [1.807, 2.05) is 4.90 Å². The van der Waals surface area contributed by atoms with Gasteiger partial charge in [-0.05, 0) is 0 Å². The zero-order chi connectivity index (χ0) is 13.3. The van der Waals surface area contributed by atoms with Crippen molar-refractivity contribution in [1.82, 2.24) is 9.80 Å². The lowest BCUT2D eigenvalue weighted by Gasteiger charge is -2.34. The third-order valence-electron chi connectivity index (χ3n) is 3.36. The molecular formula is C11H16N2O5. The lowest BCUT2D eigenvalue weighted by Crippen LogP contribution is -2.52. The Morgan fingerprint density at radius 3 is 2.72 bits per heavy atom. The number of likely N-dealkylation sites (N-methyl/N-ethyl adjacent to an activating group) is 1. The van der Waals surface area contributed by atoms with Crippen LogP contribution in [0.3, 0.4) is 0 Å². The van der Waals surface area contributed by atoms with Crippen molar-refractivity contribution in [3.63, 3.8) is 0 Å². The number of carbonyl (C=O) groups excluding carboxylic acids is 3. The van der Waals surface area contributed by atoms with Crippen molar-refractivity contribution < 1.29 is 23.9 Å². The Hall–Kier alpha value is -1.47. The van der Waals surface area contributed by atoms with Crippen molar-refractivity contribution in [2.24, 2.45) is 0 Å². The Balaban J connectivity index is 2.03. The fourth-order valence-corrected chi connectivity index (χ4v) is 2.25. The molecule has 2 aliphatic heterocycles. The average molecular weight is 256 g/mol. The van der Waals surface area contributed by atoms with Gasteiger partial charge in [-0.1, -0.05) is 0 Å². The standard InChI is InChI=1S/C11H16N2O5/c1-12-9(14)5-7(10(12)15)13-3-4-18-8(6-13)11(16)17-2/h7-8H,3-6H2,1-2H3. The number of amides is 2. The molecule has 0 aromatic carbocycles. The van der Waals surface area contributed by atoms with Gasteiger partial charge in [-0.2, -0.15) is 0 Å². The Labute approximate surface area is 105 Å². The topological polar surface area (TPSA) is 76.2 Å². The van der Waals surface area contributed by atoms with E-state index in [-0.39, 0.29) is 24.8 Å². The molecule has 2 rings (SSSR count). The minimum absolute atomic E-state index is 0.170. The zero-order valence-electron chi connectivity index (χ0n) is 10.4. The maximum Gasteiger partial charge on any atom is 0.336 e. The van der Waals surface area contributed by atoms with Gasteiger partial charge in [0.25, 0.3) is 0 Å². The minimum atomic E-state index is -0.683. The molecule has 2 atom stereocenters. The maximum atomic E-state index is 11.9. The van der Waals surface area contributed by atoms with E-state index in [0.717, 1.165) is 4.90 Å². The van der Waals surface area contributed by atoms with E-state index in [1.54, 1.807) is 0 Å². The molecule has 18 heavy (non-hydrogen) atoms. The second kappa shape index (κ2) is 5.03. The van der Waals surface area contributed by atoms with Crippen LogP contribution in [-0.2, 0) is 23.9 Å². The second-order valence-electron chi connectivity index (χ2n) is 4.39. The highest BCUT2D eigenvalue weighted by atomic mass is 16.6. The van der Waals surface area contributed by atoms with Gasteiger partial charge in [-0.3, -0.25) is 19.4 Å². The monoisotopic (exact) mass is 256 g/mol. The summed E-state index contributed by atoms with van der Waals surface area (Å²) in [5.41, 5.74) is 0. The Morgan fingerprint density at radius 1 is 1.44 bits per heavy atom. The molecule has 7 nitrogen and oxygen atoms in total. The van der Waals surface area contributed by atoms with E-state index in [4.69, 9.17) is 4.74 Å². The van der Waals surface area contributed by atoms with Crippen molar-refractivity contribution in [2.75, 3.05) is 33.9 Å². The van der Waals surface area contributed by atoms with Crippen molar-refractivity contribution in [3.8, 4) is 0 Å². The molecule has 0 aliphatic carbocycles. The van der Waals surface area contributed by atoms with Gasteiger partial charge in [-0.25, -0.2) is 4.79 Å². The minimum Gasteiger partial charge on any atom is -0.467 e. The van der Waals surface area contributed by atoms with Gasteiger partial charge in [0, 0.05) is 20.1 Å². The molecule has 0 radical (unpaired) electrons. The normalized spacial score (nSPS) is 29.8. The number of carbonyl (C=O) groups is 3. The summed E-state index contributed by atoms with van der Waals surface area (Å²) in [5, 5.41) is 0. The third-order valence-corrected chi connectivity index (χ3v) is 3.36. The van der Waals surface area contributed by atoms with Gasteiger partial charge >= 0.3 is 5.97 Å². The largest absolute Gasteiger partial charge is 0.467 e. The number of rotatable bonds is 2. The van der Waals surface area contributed by atoms with Crippen molar-refractivity contribution >= 4 is 17.8 Å². The highest BCUT2D eigenvalue weighted by molar-refractivity contribution is 6.05. The fraction of sp³-hybridized carbons (Fsp3) is 0.727. The van der Waals surface area contributed by atoms with Crippen LogP contribution in [0.2, 0.25) is 0 Å². The summed E-state index contributed by atoms with van der Waals surface area (Å²) >= 11 is 0. The first-order valence-corrected chi connectivity index (χ1v) is 5.78. The summed E-state index contributed by atoms with van der Waals surface area (Å²) in [5.74, 6) is -0.860. The fourth-order valence-electron chi connectivity index (χ4n) is 2.25. The quantitative estimate of drug-likeness (QED) is 0.447. The van der Waals surface area contributed by atoms with Crippen LogP contribution in [0.1, 0.15) is 6.42 Å². The van der Waals surface area contributed by atoms with Gasteiger partial charge in [0.2, 0.25) is 11.8 Å². The molecule has 2 unspecified atom stereocenters. The highest BCUT2D eigenvalue weighted by Gasteiger charge is 2.42. The lowest BCUT2D eigenvalue weighted by atomic mass is 10.1. The van der Waals surface area contributed by atoms with E-state index in [1.165, 1.54) is 14.2 Å². The highest BCUT2D eigenvalue weighted by Crippen LogP contribution is 2.20. The van der Waals surface area contributed by atoms with Crippen LogP contribution in [-0.4, -0.2) is 73.6 Å². The summed E-state index contributed by atoms with van der Waals surface area (Å²) in [6.45, 7) is 1.16. The SMILES string of the molecule is COC(=O)C1CN(C2CC(=O)N(C)C2=O)CCO1. The molecule has 2 saturated heterocycles. The van der Waals surface area contributed by atoms with Crippen LogP contribution in [0.4, 0.5) is 0 Å². The number of ether oxygens (including phenoxy) is 2. The molecule has 100 valence electrons. The molecule has 0 spiro atoms. The molecule has 0 N–H and O–H groups in total. The van der Waals surface area contributed by atoms with Crippen LogP contribution in [0, 0.1) is 0 Å². The number of imide groups is 1. The van der Waals surface area contributed by atoms with Crippen LogP contribution in [0.5, 0.6) is 0 Å². The Bertz CT molecular complexity index is 384. The Morgan fingerprint density at radius 2 is 2.17 bits per heavy atom. The summed E-state index contributed by atoms with van der Waals surface area (Å²) in [6.07, 6.45) is -0.513.